The normalized spacial score (nSPS) is 12.3. The Morgan fingerprint density at radius 1 is 0.951 bits per heavy atom. The van der Waals surface area contributed by atoms with Gasteiger partial charge < -0.3 is 19.8 Å². The summed E-state index contributed by atoms with van der Waals surface area (Å²) in [4.78, 5) is 29.7. The van der Waals surface area contributed by atoms with Crippen LogP contribution < -0.4 is 9.61 Å². The summed E-state index contributed by atoms with van der Waals surface area (Å²) < 4.78 is 8.43. The first-order chi connectivity index (χ1) is 19.9. The predicted molar refractivity (Wildman–Crippen MR) is 159 cm³/mol. The molecule has 0 saturated heterocycles. The lowest BCUT2D eigenvalue weighted by molar-refractivity contribution is -0.138. The van der Waals surface area contributed by atoms with Crippen LogP contribution in [0.25, 0.3) is 10.2 Å². The molecule has 4 aromatic carbocycles. The number of phenols is 1. The number of rotatable bonds is 11. The van der Waals surface area contributed by atoms with Gasteiger partial charge in [0.1, 0.15) is 30.9 Å². The van der Waals surface area contributed by atoms with Gasteiger partial charge in [0.25, 0.3) is 0 Å². The second-order valence-electron chi connectivity index (χ2n) is 9.34. The van der Waals surface area contributed by atoms with Gasteiger partial charge in [-0.3, -0.25) is 14.2 Å². The number of hydrogen-bond acceptors (Lipinski definition) is 7. The molecule has 1 unspecified atom stereocenters. The molecule has 0 spiro atoms. The number of hydrogen-bond donors (Lipinski definition) is 2. The number of aromatic nitrogens is 1. The zero-order chi connectivity index (χ0) is 28.8. The summed E-state index contributed by atoms with van der Waals surface area (Å²) in [5.74, 6) is -1.30. The molecule has 5 rings (SSSR count). The summed E-state index contributed by atoms with van der Waals surface area (Å²) in [7, 11) is 1.51. The molecular weight excluding hydrogens is 540 g/mol. The topological polar surface area (TPSA) is 110 Å². The molecule has 0 amide bonds. The zero-order valence-corrected chi connectivity index (χ0v) is 23.1. The summed E-state index contributed by atoms with van der Waals surface area (Å²) >= 11 is 1.17. The molecule has 0 bridgehead atoms. The minimum Gasteiger partial charge on any atom is -0.508 e. The van der Waals surface area contributed by atoms with Crippen molar-refractivity contribution >= 4 is 33.2 Å². The number of oxime groups is 1. The Bertz CT molecular complexity index is 1740. The number of carbonyl (C=O) groups is 1. The van der Waals surface area contributed by atoms with E-state index in [-0.39, 0.29) is 23.7 Å². The standard InChI is InChI=1S/C32H28N2O6S/c1-39-33-30(22-7-3-2-4-8-22)23-13-16-27-29(20-23)41-32(38)34(27)17-18-40-24-14-11-21(12-15-24)19-26(31(36)37)25-9-5-6-10-28(25)35/h2-16,20,26,35H,17-19H2,1H3,(H,36,37). The molecule has 2 N–H and O–H groups in total. The highest BCUT2D eigenvalue weighted by Crippen LogP contribution is 2.29. The monoisotopic (exact) mass is 568 g/mol. The van der Waals surface area contributed by atoms with Crippen LogP contribution in [-0.2, 0) is 22.6 Å². The first-order valence-electron chi connectivity index (χ1n) is 13.0. The van der Waals surface area contributed by atoms with Crippen molar-refractivity contribution in [2.24, 2.45) is 5.16 Å². The Balaban J connectivity index is 1.25. The van der Waals surface area contributed by atoms with E-state index in [1.807, 2.05) is 60.7 Å². The SMILES string of the molecule is CON=C(c1ccccc1)c1ccc2c(c1)sc(=O)n2CCOc1ccc(CC(C(=O)O)c2ccccc2O)cc1. The molecule has 8 nitrogen and oxygen atoms in total. The number of para-hydroxylation sites is 1. The highest BCUT2D eigenvalue weighted by molar-refractivity contribution is 7.16. The number of phenolic OH excluding ortho intramolecular Hbond substituents is 1. The van der Waals surface area contributed by atoms with Gasteiger partial charge in [-0.05, 0) is 42.3 Å². The number of benzene rings is 4. The van der Waals surface area contributed by atoms with Gasteiger partial charge in [0, 0.05) is 16.7 Å². The number of carboxylic acids is 1. The lowest BCUT2D eigenvalue weighted by Gasteiger charge is -2.15. The predicted octanol–water partition coefficient (Wildman–Crippen LogP) is 5.66. The fourth-order valence-corrected chi connectivity index (χ4v) is 5.67. The van der Waals surface area contributed by atoms with Gasteiger partial charge in [-0.15, -0.1) is 0 Å². The van der Waals surface area contributed by atoms with Crippen molar-refractivity contribution in [3.63, 3.8) is 0 Å². The minimum absolute atomic E-state index is 0.0352. The van der Waals surface area contributed by atoms with Crippen LogP contribution in [0.1, 0.15) is 28.2 Å². The van der Waals surface area contributed by atoms with Crippen LogP contribution in [0, 0.1) is 0 Å². The third-order valence-corrected chi connectivity index (χ3v) is 7.67. The average molecular weight is 569 g/mol. The molecule has 0 aliphatic carbocycles. The first kappa shape index (κ1) is 27.7. The first-order valence-corrected chi connectivity index (χ1v) is 13.8. The molecule has 5 aromatic rings. The maximum absolute atomic E-state index is 12.8. The Kier molecular flexibility index (Phi) is 8.45. The number of nitrogens with zero attached hydrogens (tertiary/aromatic N) is 2. The number of aliphatic carboxylic acids is 1. The molecule has 1 atom stereocenters. The molecule has 0 aliphatic heterocycles. The molecule has 1 heterocycles. The Labute approximate surface area is 240 Å². The maximum Gasteiger partial charge on any atom is 0.311 e. The van der Waals surface area contributed by atoms with Crippen molar-refractivity contribution in [1.82, 2.24) is 4.57 Å². The van der Waals surface area contributed by atoms with Crippen LogP contribution in [0.2, 0.25) is 0 Å². The van der Waals surface area contributed by atoms with Crippen LogP contribution >= 0.6 is 11.3 Å². The van der Waals surface area contributed by atoms with Gasteiger partial charge in [0.2, 0.25) is 0 Å². The number of carboxylic acid groups (broad SMARTS) is 1. The van der Waals surface area contributed by atoms with E-state index in [1.165, 1.54) is 24.5 Å². The second kappa shape index (κ2) is 12.5. The summed E-state index contributed by atoms with van der Waals surface area (Å²) in [5.41, 5.74) is 4.44. The van der Waals surface area contributed by atoms with Crippen LogP contribution in [0.4, 0.5) is 0 Å². The second-order valence-corrected chi connectivity index (χ2v) is 10.3. The van der Waals surface area contributed by atoms with Crippen molar-refractivity contribution in [1.29, 1.82) is 0 Å². The van der Waals surface area contributed by atoms with E-state index >= 15 is 0 Å². The molecule has 0 fully saturated rings. The Morgan fingerprint density at radius 2 is 1.68 bits per heavy atom. The summed E-state index contributed by atoms with van der Waals surface area (Å²) in [6.07, 6.45) is 0.229. The van der Waals surface area contributed by atoms with Gasteiger partial charge in [0.15, 0.2) is 0 Å². The van der Waals surface area contributed by atoms with Gasteiger partial charge in [-0.2, -0.15) is 0 Å². The van der Waals surface area contributed by atoms with Crippen molar-refractivity contribution < 1.29 is 24.6 Å². The fraction of sp³-hybridized carbons (Fsp3) is 0.156. The van der Waals surface area contributed by atoms with Gasteiger partial charge in [0.05, 0.1) is 22.7 Å². The Morgan fingerprint density at radius 3 is 2.39 bits per heavy atom. The number of fused-ring (bicyclic) bond motifs is 1. The molecule has 208 valence electrons. The number of thiazole rings is 1. The molecule has 41 heavy (non-hydrogen) atoms. The lowest BCUT2D eigenvalue weighted by Crippen LogP contribution is -2.17. The van der Waals surface area contributed by atoms with Crippen LogP contribution in [0.3, 0.4) is 0 Å². The fourth-order valence-electron chi connectivity index (χ4n) is 4.71. The lowest BCUT2D eigenvalue weighted by atomic mass is 9.91. The van der Waals surface area contributed by atoms with Crippen molar-refractivity contribution in [2.75, 3.05) is 13.7 Å². The molecular formula is C32H28N2O6S. The van der Waals surface area contributed by atoms with Crippen LogP contribution in [-0.4, -0.2) is 40.2 Å². The maximum atomic E-state index is 12.8. The van der Waals surface area contributed by atoms with E-state index in [0.717, 1.165) is 26.9 Å². The largest absolute Gasteiger partial charge is 0.508 e. The van der Waals surface area contributed by atoms with Gasteiger partial charge in [-0.1, -0.05) is 83.2 Å². The Hall–Kier alpha value is -4.89. The van der Waals surface area contributed by atoms with Gasteiger partial charge >= 0.3 is 10.8 Å². The van der Waals surface area contributed by atoms with Crippen molar-refractivity contribution in [3.8, 4) is 11.5 Å². The van der Waals surface area contributed by atoms with Crippen LogP contribution in [0.5, 0.6) is 11.5 Å². The molecule has 0 aliphatic rings. The quantitative estimate of drug-likeness (QED) is 0.157. The molecule has 0 saturated carbocycles. The van der Waals surface area contributed by atoms with E-state index in [1.54, 1.807) is 34.9 Å². The summed E-state index contributed by atoms with van der Waals surface area (Å²) in [6, 6.07) is 29.2. The molecule has 9 heteroatoms. The number of ether oxygens (including phenoxy) is 1. The van der Waals surface area contributed by atoms with Crippen molar-refractivity contribution in [3.05, 3.63) is 129 Å². The highest BCUT2D eigenvalue weighted by Gasteiger charge is 2.23. The van der Waals surface area contributed by atoms with Crippen LogP contribution in [0.15, 0.2) is 107 Å². The van der Waals surface area contributed by atoms with E-state index < -0.39 is 11.9 Å². The third kappa shape index (κ3) is 6.31. The zero-order valence-electron chi connectivity index (χ0n) is 22.3. The third-order valence-electron chi connectivity index (χ3n) is 6.73. The van der Waals surface area contributed by atoms with E-state index in [4.69, 9.17) is 9.57 Å². The van der Waals surface area contributed by atoms with Crippen molar-refractivity contribution in [2.45, 2.75) is 18.9 Å². The minimum atomic E-state index is -1.00. The highest BCUT2D eigenvalue weighted by atomic mass is 32.1. The van der Waals surface area contributed by atoms with E-state index in [9.17, 15) is 19.8 Å². The smallest absolute Gasteiger partial charge is 0.311 e. The van der Waals surface area contributed by atoms with E-state index in [0.29, 0.717) is 23.6 Å². The van der Waals surface area contributed by atoms with E-state index in [2.05, 4.69) is 5.16 Å². The molecule has 1 aromatic heterocycles. The van der Waals surface area contributed by atoms with Gasteiger partial charge in [-0.25, -0.2) is 0 Å². The molecule has 0 radical (unpaired) electrons. The number of aromatic hydroxyl groups is 1. The average Bonchev–Trinajstić information content (AvgIpc) is 3.30. The summed E-state index contributed by atoms with van der Waals surface area (Å²) in [6.45, 7) is 0.648. The summed E-state index contributed by atoms with van der Waals surface area (Å²) in [5, 5.41) is 24.0.